The van der Waals surface area contributed by atoms with Crippen LogP contribution in [0.5, 0.6) is 0 Å². The van der Waals surface area contributed by atoms with Crippen LogP contribution in [0.2, 0.25) is 0 Å². The molecular weight excluding hydrogens is 168 g/mol. The molecule has 0 saturated carbocycles. The molecule has 2 atom stereocenters. The standard InChI is InChI=1S/C9H16N2O2/c10-9(8(12)13)4-6-11-5-2-1-3-7(9)11/h7H,1-6,10H2,(H,12,13). The summed E-state index contributed by atoms with van der Waals surface area (Å²) in [6.45, 7) is 1.88. The van der Waals surface area contributed by atoms with E-state index in [0.717, 1.165) is 25.9 Å². The molecule has 2 unspecified atom stereocenters. The first-order chi connectivity index (χ1) is 6.14. The molecule has 4 heteroatoms. The third-order valence-corrected chi connectivity index (χ3v) is 3.42. The van der Waals surface area contributed by atoms with Gasteiger partial charge in [-0.15, -0.1) is 0 Å². The molecule has 0 spiro atoms. The number of hydrogen-bond acceptors (Lipinski definition) is 3. The zero-order chi connectivity index (χ0) is 9.47. The summed E-state index contributed by atoms with van der Waals surface area (Å²) in [5.41, 5.74) is 4.94. The zero-order valence-electron chi connectivity index (χ0n) is 7.70. The van der Waals surface area contributed by atoms with Gasteiger partial charge < -0.3 is 10.8 Å². The van der Waals surface area contributed by atoms with Crippen LogP contribution in [0.4, 0.5) is 0 Å². The van der Waals surface area contributed by atoms with Crippen molar-refractivity contribution in [3.8, 4) is 0 Å². The minimum atomic E-state index is -0.972. The second-order valence-corrected chi connectivity index (χ2v) is 4.14. The van der Waals surface area contributed by atoms with Crippen molar-refractivity contribution < 1.29 is 9.90 Å². The summed E-state index contributed by atoms with van der Waals surface area (Å²) < 4.78 is 0. The quantitative estimate of drug-likeness (QED) is 0.603. The fourth-order valence-corrected chi connectivity index (χ4v) is 2.59. The Labute approximate surface area is 77.7 Å². The molecule has 0 aromatic carbocycles. The van der Waals surface area contributed by atoms with Crippen LogP contribution in [0, 0.1) is 0 Å². The van der Waals surface area contributed by atoms with E-state index in [2.05, 4.69) is 4.90 Å². The summed E-state index contributed by atoms with van der Waals surface area (Å²) >= 11 is 0. The van der Waals surface area contributed by atoms with E-state index in [1.807, 2.05) is 0 Å². The van der Waals surface area contributed by atoms with Crippen LogP contribution in [-0.4, -0.2) is 40.6 Å². The molecular formula is C9H16N2O2. The van der Waals surface area contributed by atoms with Gasteiger partial charge in [0.05, 0.1) is 0 Å². The Morgan fingerprint density at radius 3 is 2.92 bits per heavy atom. The maximum atomic E-state index is 11.0. The lowest BCUT2D eigenvalue weighted by molar-refractivity contribution is -0.144. The molecule has 0 bridgehead atoms. The summed E-state index contributed by atoms with van der Waals surface area (Å²) in [6.07, 6.45) is 3.86. The van der Waals surface area contributed by atoms with Gasteiger partial charge in [-0.25, -0.2) is 0 Å². The van der Waals surface area contributed by atoms with Crippen molar-refractivity contribution in [1.82, 2.24) is 4.90 Å². The first-order valence-electron chi connectivity index (χ1n) is 4.91. The predicted molar refractivity (Wildman–Crippen MR) is 48.4 cm³/mol. The molecule has 0 aromatic heterocycles. The summed E-state index contributed by atoms with van der Waals surface area (Å²) in [6, 6.07) is 0.0822. The van der Waals surface area contributed by atoms with Crippen LogP contribution in [0.15, 0.2) is 0 Å². The number of nitrogens with two attached hydrogens (primary N) is 1. The van der Waals surface area contributed by atoms with Crippen molar-refractivity contribution in [3.05, 3.63) is 0 Å². The molecule has 4 nitrogen and oxygen atoms in total. The number of rotatable bonds is 1. The highest BCUT2D eigenvalue weighted by atomic mass is 16.4. The second kappa shape index (κ2) is 2.96. The Kier molecular flexibility index (Phi) is 2.04. The fraction of sp³-hybridized carbons (Fsp3) is 0.889. The van der Waals surface area contributed by atoms with Crippen LogP contribution >= 0.6 is 0 Å². The van der Waals surface area contributed by atoms with Gasteiger partial charge in [-0.1, -0.05) is 6.42 Å². The van der Waals surface area contributed by atoms with Crippen LogP contribution in [0.3, 0.4) is 0 Å². The van der Waals surface area contributed by atoms with E-state index in [1.165, 1.54) is 6.42 Å². The lowest BCUT2D eigenvalue weighted by atomic mass is 9.86. The number of carboxylic acid groups (broad SMARTS) is 1. The molecule has 2 saturated heterocycles. The third kappa shape index (κ3) is 1.25. The Morgan fingerprint density at radius 2 is 2.23 bits per heavy atom. The number of carbonyl (C=O) groups is 1. The van der Waals surface area contributed by atoms with Crippen LogP contribution in [0.25, 0.3) is 0 Å². The maximum absolute atomic E-state index is 11.0. The summed E-state index contributed by atoms with van der Waals surface area (Å²) in [7, 11) is 0. The third-order valence-electron chi connectivity index (χ3n) is 3.42. The first-order valence-corrected chi connectivity index (χ1v) is 4.91. The van der Waals surface area contributed by atoms with Crippen molar-refractivity contribution in [2.75, 3.05) is 13.1 Å². The number of aliphatic carboxylic acids is 1. The molecule has 2 aliphatic rings. The van der Waals surface area contributed by atoms with E-state index in [-0.39, 0.29) is 6.04 Å². The maximum Gasteiger partial charge on any atom is 0.325 e. The molecule has 74 valence electrons. The smallest absolute Gasteiger partial charge is 0.325 e. The second-order valence-electron chi connectivity index (χ2n) is 4.14. The number of piperidine rings is 1. The van der Waals surface area contributed by atoms with Crippen LogP contribution < -0.4 is 5.73 Å². The van der Waals surface area contributed by atoms with Crippen molar-refractivity contribution in [2.24, 2.45) is 5.73 Å². The van der Waals surface area contributed by atoms with Gasteiger partial charge in [0.2, 0.25) is 0 Å². The van der Waals surface area contributed by atoms with Gasteiger partial charge in [-0.2, -0.15) is 0 Å². The average Bonchev–Trinajstić information content (AvgIpc) is 2.47. The van der Waals surface area contributed by atoms with E-state index >= 15 is 0 Å². The van der Waals surface area contributed by atoms with E-state index in [4.69, 9.17) is 10.8 Å². The number of nitrogens with zero attached hydrogens (tertiary/aromatic N) is 1. The highest BCUT2D eigenvalue weighted by Crippen LogP contribution is 2.33. The average molecular weight is 184 g/mol. The van der Waals surface area contributed by atoms with Crippen LogP contribution in [-0.2, 0) is 4.79 Å². The molecule has 2 aliphatic heterocycles. The highest BCUT2D eigenvalue weighted by molar-refractivity contribution is 5.80. The van der Waals surface area contributed by atoms with Gasteiger partial charge >= 0.3 is 5.97 Å². The topological polar surface area (TPSA) is 66.6 Å². The van der Waals surface area contributed by atoms with Gasteiger partial charge in [-0.05, 0) is 25.8 Å². The van der Waals surface area contributed by atoms with Crippen molar-refractivity contribution in [3.63, 3.8) is 0 Å². The highest BCUT2D eigenvalue weighted by Gasteiger charge is 2.50. The summed E-state index contributed by atoms with van der Waals surface area (Å²) in [5.74, 6) is -0.832. The van der Waals surface area contributed by atoms with Crippen molar-refractivity contribution in [1.29, 1.82) is 0 Å². The molecule has 0 aliphatic carbocycles. The van der Waals surface area contributed by atoms with Gasteiger partial charge in [0, 0.05) is 12.6 Å². The Morgan fingerprint density at radius 1 is 1.46 bits per heavy atom. The molecule has 2 heterocycles. The predicted octanol–water partition coefficient (Wildman–Crippen LogP) is 0.0267. The zero-order valence-corrected chi connectivity index (χ0v) is 7.70. The largest absolute Gasteiger partial charge is 0.480 e. The SMILES string of the molecule is NC1(C(=O)O)CCN2CCCCC21. The Bertz CT molecular complexity index is 232. The lowest BCUT2D eigenvalue weighted by Gasteiger charge is -2.35. The Hall–Kier alpha value is -0.610. The lowest BCUT2D eigenvalue weighted by Crippen LogP contribution is -2.58. The van der Waals surface area contributed by atoms with Crippen molar-refractivity contribution >= 4 is 5.97 Å². The fourth-order valence-electron chi connectivity index (χ4n) is 2.59. The minimum absolute atomic E-state index is 0.0822. The monoisotopic (exact) mass is 184 g/mol. The molecule has 13 heavy (non-hydrogen) atoms. The summed E-state index contributed by atoms with van der Waals surface area (Å²) in [4.78, 5) is 13.3. The van der Waals surface area contributed by atoms with Crippen LogP contribution in [0.1, 0.15) is 25.7 Å². The van der Waals surface area contributed by atoms with Gasteiger partial charge in [0.15, 0.2) is 0 Å². The van der Waals surface area contributed by atoms with E-state index in [9.17, 15) is 4.79 Å². The van der Waals surface area contributed by atoms with Crippen molar-refractivity contribution in [2.45, 2.75) is 37.3 Å². The number of carboxylic acids is 1. The van der Waals surface area contributed by atoms with E-state index in [1.54, 1.807) is 0 Å². The molecule has 0 radical (unpaired) electrons. The Balaban J connectivity index is 2.19. The minimum Gasteiger partial charge on any atom is -0.480 e. The van der Waals surface area contributed by atoms with E-state index < -0.39 is 11.5 Å². The van der Waals surface area contributed by atoms with Gasteiger partial charge in [-0.3, -0.25) is 9.69 Å². The molecule has 0 aromatic rings. The van der Waals surface area contributed by atoms with Gasteiger partial charge in [0.25, 0.3) is 0 Å². The normalized spacial score (nSPS) is 40.2. The molecule has 2 rings (SSSR count). The van der Waals surface area contributed by atoms with E-state index in [0.29, 0.717) is 6.42 Å². The number of hydrogen-bond donors (Lipinski definition) is 2. The molecule has 0 amide bonds. The number of fused-ring (bicyclic) bond motifs is 1. The molecule has 3 N–H and O–H groups in total. The summed E-state index contributed by atoms with van der Waals surface area (Å²) in [5, 5.41) is 9.06. The molecule has 2 fully saturated rings. The first kappa shape index (κ1) is 8.97. The van der Waals surface area contributed by atoms with Gasteiger partial charge in [0.1, 0.15) is 5.54 Å².